The van der Waals surface area contributed by atoms with Crippen molar-refractivity contribution in [2.75, 3.05) is 39.3 Å². The minimum atomic E-state index is -5.85. The average Bonchev–Trinajstić information content (AvgIpc) is 2.59. The molecule has 0 unspecified atom stereocenters. The smallest absolute Gasteiger partial charge is 0.336 e. The largest absolute Gasteiger partial charge is 0.463 e. The summed E-state index contributed by atoms with van der Waals surface area (Å²) in [5.74, 6) is -7.48. The Kier molecular flexibility index (Phi) is 5.69. The van der Waals surface area contributed by atoms with E-state index in [1.165, 1.54) is 0 Å². The van der Waals surface area contributed by atoms with Crippen LogP contribution >= 0.6 is 0 Å². The van der Waals surface area contributed by atoms with Gasteiger partial charge in [-0.25, -0.2) is 0 Å². The lowest BCUT2D eigenvalue weighted by molar-refractivity contribution is -0.274. The summed E-state index contributed by atoms with van der Waals surface area (Å²) in [5, 5.41) is 0. The van der Waals surface area contributed by atoms with E-state index >= 15 is 0 Å². The summed E-state index contributed by atoms with van der Waals surface area (Å²) in [5.41, 5.74) is 5.35. The van der Waals surface area contributed by atoms with Crippen molar-refractivity contribution in [3.8, 4) is 0 Å². The average molecular weight is 303 g/mol. The maximum absolute atomic E-state index is 13.0. The summed E-state index contributed by atoms with van der Waals surface area (Å²) in [4.78, 5) is 13.9. The van der Waals surface area contributed by atoms with Crippen LogP contribution in [-0.2, 0) is 4.79 Å². The van der Waals surface area contributed by atoms with E-state index in [0.717, 1.165) is 0 Å². The fraction of sp³-hybridized carbons (Fsp3) is 0.909. The van der Waals surface area contributed by atoms with Crippen molar-refractivity contribution < 1.29 is 26.7 Å². The molecule has 0 aliphatic carbocycles. The molecule has 4 nitrogen and oxygen atoms in total. The highest BCUT2D eigenvalue weighted by Gasteiger charge is 2.64. The van der Waals surface area contributed by atoms with Crippen molar-refractivity contribution in [1.82, 2.24) is 9.80 Å². The predicted molar refractivity (Wildman–Crippen MR) is 62.3 cm³/mol. The Hall–Kier alpha value is -0.960. The zero-order valence-corrected chi connectivity index (χ0v) is 10.9. The molecule has 2 N–H and O–H groups in total. The number of hydrogen-bond acceptors (Lipinski definition) is 3. The van der Waals surface area contributed by atoms with Crippen LogP contribution in [0.25, 0.3) is 0 Å². The van der Waals surface area contributed by atoms with Crippen LogP contribution < -0.4 is 5.73 Å². The number of carbonyl (C=O) groups is 1. The van der Waals surface area contributed by atoms with Gasteiger partial charge in [-0.05, 0) is 32.5 Å². The number of hydrogen-bond donors (Lipinski definition) is 1. The van der Waals surface area contributed by atoms with Gasteiger partial charge in [0.25, 0.3) is 0 Å². The third-order valence-electron chi connectivity index (χ3n) is 3.18. The van der Waals surface area contributed by atoms with Gasteiger partial charge in [0, 0.05) is 19.6 Å². The molecule has 1 fully saturated rings. The van der Waals surface area contributed by atoms with Gasteiger partial charge in [0.15, 0.2) is 0 Å². The highest BCUT2D eigenvalue weighted by molar-refractivity contribution is 5.84. The highest BCUT2D eigenvalue weighted by Crippen LogP contribution is 2.37. The molecule has 0 aromatic rings. The molecule has 9 heteroatoms. The lowest BCUT2D eigenvalue weighted by atomic mass is 10.2. The van der Waals surface area contributed by atoms with E-state index in [2.05, 4.69) is 0 Å². The van der Waals surface area contributed by atoms with Gasteiger partial charge >= 0.3 is 18.0 Å². The molecular weight excluding hydrogens is 285 g/mol. The molecule has 0 spiro atoms. The molecule has 1 saturated heterocycles. The van der Waals surface area contributed by atoms with Crippen LogP contribution in [0, 0.1) is 0 Å². The van der Waals surface area contributed by atoms with E-state index in [0.29, 0.717) is 37.4 Å². The maximum atomic E-state index is 13.0. The summed E-state index contributed by atoms with van der Waals surface area (Å²) in [6.45, 7) is 1.74. The first-order valence-corrected chi connectivity index (χ1v) is 6.36. The standard InChI is InChI=1S/C11H18F5N3O/c12-10(13,11(14,15)16)9(20)19-6-2-5-18(7-8-19)4-1-3-17/h1-8,17H2. The fourth-order valence-corrected chi connectivity index (χ4v) is 2.03. The molecule has 20 heavy (non-hydrogen) atoms. The predicted octanol–water partition coefficient (Wildman–Crippen LogP) is 1.07. The van der Waals surface area contributed by atoms with E-state index < -0.39 is 18.0 Å². The first-order chi connectivity index (χ1) is 9.20. The van der Waals surface area contributed by atoms with Gasteiger partial charge in [0.05, 0.1) is 0 Å². The van der Waals surface area contributed by atoms with Crippen molar-refractivity contribution in [3.05, 3.63) is 0 Å². The van der Waals surface area contributed by atoms with E-state index in [9.17, 15) is 26.7 Å². The second-order valence-corrected chi connectivity index (χ2v) is 4.70. The number of alkyl halides is 5. The van der Waals surface area contributed by atoms with E-state index in [1.807, 2.05) is 4.90 Å². The number of nitrogens with two attached hydrogens (primary N) is 1. The van der Waals surface area contributed by atoms with E-state index in [4.69, 9.17) is 5.73 Å². The molecule has 118 valence electrons. The second kappa shape index (κ2) is 6.66. The highest BCUT2D eigenvalue weighted by atomic mass is 19.4. The van der Waals surface area contributed by atoms with Crippen LogP contribution in [0.15, 0.2) is 0 Å². The summed E-state index contributed by atoms with van der Waals surface area (Å²) in [6, 6.07) is 0. The first kappa shape index (κ1) is 17.1. The van der Waals surface area contributed by atoms with Crippen molar-refractivity contribution in [3.63, 3.8) is 0 Å². The van der Waals surface area contributed by atoms with Crippen LogP contribution in [0.5, 0.6) is 0 Å². The molecule has 1 rings (SSSR count). The molecular formula is C11H18F5N3O. The number of halogens is 5. The molecule has 1 heterocycles. The van der Waals surface area contributed by atoms with Crippen LogP contribution in [0.1, 0.15) is 12.8 Å². The van der Waals surface area contributed by atoms with Gasteiger partial charge in [-0.3, -0.25) is 4.79 Å². The van der Waals surface area contributed by atoms with E-state index in [1.54, 1.807) is 0 Å². The Balaban J connectivity index is 2.63. The van der Waals surface area contributed by atoms with Gasteiger partial charge in [-0.1, -0.05) is 0 Å². The fourth-order valence-electron chi connectivity index (χ4n) is 2.03. The van der Waals surface area contributed by atoms with Crippen LogP contribution in [0.4, 0.5) is 22.0 Å². The zero-order chi connectivity index (χ0) is 15.4. The SMILES string of the molecule is NCCCN1CCCN(C(=O)C(F)(F)C(F)(F)F)CC1. The lowest BCUT2D eigenvalue weighted by Crippen LogP contribution is -2.52. The van der Waals surface area contributed by atoms with Crippen molar-refractivity contribution in [1.29, 1.82) is 0 Å². The Morgan fingerprint density at radius 3 is 2.25 bits per heavy atom. The monoisotopic (exact) mass is 303 g/mol. The Labute approximate surface area is 113 Å². The second-order valence-electron chi connectivity index (χ2n) is 4.70. The third kappa shape index (κ3) is 4.02. The number of amides is 1. The summed E-state index contributed by atoms with van der Waals surface area (Å²) >= 11 is 0. The summed E-state index contributed by atoms with van der Waals surface area (Å²) in [7, 11) is 0. The topological polar surface area (TPSA) is 49.6 Å². The Morgan fingerprint density at radius 2 is 1.70 bits per heavy atom. The quantitative estimate of drug-likeness (QED) is 0.790. The third-order valence-corrected chi connectivity index (χ3v) is 3.18. The minimum Gasteiger partial charge on any atom is -0.336 e. The molecule has 1 aliphatic heterocycles. The number of nitrogens with zero attached hydrogens (tertiary/aromatic N) is 2. The van der Waals surface area contributed by atoms with Gasteiger partial charge in [-0.2, -0.15) is 22.0 Å². The zero-order valence-electron chi connectivity index (χ0n) is 10.9. The van der Waals surface area contributed by atoms with Gasteiger partial charge < -0.3 is 15.5 Å². The normalized spacial score (nSPS) is 19.0. The molecule has 0 saturated carbocycles. The first-order valence-electron chi connectivity index (χ1n) is 6.36. The van der Waals surface area contributed by atoms with Crippen molar-refractivity contribution in [2.45, 2.75) is 24.9 Å². The molecule has 1 aliphatic rings. The van der Waals surface area contributed by atoms with Crippen molar-refractivity contribution >= 4 is 5.91 Å². The molecule has 0 bridgehead atoms. The molecule has 0 aromatic carbocycles. The summed E-state index contributed by atoms with van der Waals surface area (Å²) in [6.07, 6.45) is -4.77. The van der Waals surface area contributed by atoms with Crippen LogP contribution in [0.2, 0.25) is 0 Å². The van der Waals surface area contributed by atoms with E-state index in [-0.39, 0.29) is 19.6 Å². The van der Waals surface area contributed by atoms with Gasteiger partial charge in [0.1, 0.15) is 0 Å². The summed E-state index contributed by atoms with van der Waals surface area (Å²) < 4.78 is 62.5. The van der Waals surface area contributed by atoms with Crippen molar-refractivity contribution in [2.24, 2.45) is 5.73 Å². The number of carbonyl (C=O) groups excluding carboxylic acids is 1. The molecule has 0 aromatic heterocycles. The lowest BCUT2D eigenvalue weighted by Gasteiger charge is -2.27. The van der Waals surface area contributed by atoms with Gasteiger partial charge in [-0.15, -0.1) is 0 Å². The Bertz CT molecular complexity index is 335. The molecule has 0 radical (unpaired) electrons. The van der Waals surface area contributed by atoms with Crippen LogP contribution in [0.3, 0.4) is 0 Å². The van der Waals surface area contributed by atoms with Crippen LogP contribution in [-0.4, -0.2) is 67.1 Å². The molecule has 0 atom stereocenters. The number of rotatable bonds is 4. The minimum absolute atomic E-state index is 0.0936. The molecule has 1 amide bonds. The van der Waals surface area contributed by atoms with Gasteiger partial charge in [0.2, 0.25) is 0 Å². The Morgan fingerprint density at radius 1 is 1.05 bits per heavy atom. The maximum Gasteiger partial charge on any atom is 0.463 e.